The van der Waals surface area contributed by atoms with E-state index in [9.17, 15) is 0 Å². The van der Waals surface area contributed by atoms with Crippen molar-refractivity contribution >= 4 is 19.8 Å². The van der Waals surface area contributed by atoms with Crippen molar-refractivity contribution in [1.29, 1.82) is 0 Å². The monoisotopic (exact) mass is 265 g/mol. The molecule has 0 bridgehead atoms. The number of fused-ring (bicyclic) bond motifs is 1. The molecule has 1 nitrogen and oxygen atoms in total. The highest BCUT2D eigenvalue weighted by molar-refractivity contribution is 6.66. The van der Waals surface area contributed by atoms with Crippen LogP contribution < -0.4 is 4.90 Å². The summed E-state index contributed by atoms with van der Waals surface area (Å²) in [6.45, 7) is 7.82. The van der Waals surface area contributed by atoms with Crippen molar-refractivity contribution in [2.24, 2.45) is 0 Å². The Morgan fingerprint density at radius 2 is 1.95 bits per heavy atom. The minimum atomic E-state index is -0.364. The molecule has 0 fully saturated rings. The van der Waals surface area contributed by atoms with Crippen LogP contribution in [0.15, 0.2) is 59.3 Å². The fourth-order valence-corrected chi connectivity index (χ4v) is 3.59. The van der Waals surface area contributed by atoms with E-state index in [0.29, 0.717) is 0 Å². The lowest BCUT2D eigenvalue weighted by Gasteiger charge is -2.18. The lowest BCUT2D eigenvalue weighted by atomic mass is 10.2. The number of benzene rings is 1. The third-order valence-electron chi connectivity index (χ3n) is 3.48. The average Bonchev–Trinajstić information content (AvgIpc) is 2.85. The van der Waals surface area contributed by atoms with Crippen molar-refractivity contribution in [2.45, 2.75) is 20.0 Å². The van der Waals surface area contributed by atoms with E-state index < -0.39 is 0 Å². The first-order chi connectivity index (χ1) is 9.13. The Hall–Kier alpha value is -1.67. The van der Waals surface area contributed by atoms with E-state index >= 15 is 0 Å². The first kappa shape index (κ1) is 12.4. The van der Waals surface area contributed by atoms with Crippen LogP contribution in [0.2, 0.25) is 13.1 Å². The van der Waals surface area contributed by atoms with Gasteiger partial charge in [-0.1, -0.05) is 54.7 Å². The van der Waals surface area contributed by atoms with Crippen molar-refractivity contribution in [3.63, 3.8) is 0 Å². The van der Waals surface area contributed by atoms with Gasteiger partial charge in [0.1, 0.15) is 0 Å². The van der Waals surface area contributed by atoms with E-state index in [1.807, 2.05) is 0 Å². The molecule has 1 aliphatic carbocycles. The molecule has 0 atom stereocenters. The van der Waals surface area contributed by atoms with E-state index in [2.05, 4.69) is 73.2 Å². The highest BCUT2D eigenvalue weighted by Crippen LogP contribution is 2.33. The van der Waals surface area contributed by atoms with Gasteiger partial charge in [0, 0.05) is 26.8 Å². The predicted molar refractivity (Wildman–Crippen MR) is 86.4 cm³/mol. The summed E-state index contributed by atoms with van der Waals surface area (Å²) in [6, 6.07) is 8.72. The predicted octanol–water partition coefficient (Wildman–Crippen LogP) is 3.76. The minimum absolute atomic E-state index is 0.364. The molecule has 2 aliphatic rings. The Balaban J connectivity index is 1.98. The molecule has 19 heavy (non-hydrogen) atoms. The topological polar surface area (TPSA) is 3.24 Å². The lowest BCUT2D eigenvalue weighted by molar-refractivity contribution is 1.10. The van der Waals surface area contributed by atoms with Crippen molar-refractivity contribution in [2.75, 3.05) is 11.4 Å². The molecule has 96 valence electrons. The number of allylic oxidation sites excluding steroid dienone is 3. The minimum Gasteiger partial charge on any atom is -0.342 e. The summed E-state index contributed by atoms with van der Waals surface area (Å²) >= 11 is 0. The van der Waals surface area contributed by atoms with Crippen molar-refractivity contribution in [3.8, 4) is 0 Å². The van der Waals surface area contributed by atoms with E-state index in [-0.39, 0.29) is 8.41 Å². The summed E-state index contributed by atoms with van der Waals surface area (Å²) in [5.74, 6) is 0. The fraction of sp³-hybridized carbons (Fsp3) is 0.235. The molecule has 2 heteroatoms. The van der Waals surface area contributed by atoms with Crippen LogP contribution in [-0.4, -0.2) is 20.6 Å². The zero-order valence-electron chi connectivity index (χ0n) is 11.8. The van der Waals surface area contributed by atoms with Gasteiger partial charge in [-0.05, 0) is 29.7 Å². The van der Waals surface area contributed by atoms with Gasteiger partial charge in [0.05, 0.1) is 0 Å². The van der Waals surface area contributed by atoms with Gasteiger partial charge in [-0.2, -0.15) is 0 Å². The maximum atomic E-state index is 2.43. The van der Waals surface area contributed by atoms with Crippen LogP contribution in [0.1, 0.15) is 12.5 Å². The standard InChI is InChI=1S/C17H19NSi/c1-13-8-15-10-18(11-16(15)9-13)17-7-5-4-6-14(17)12-19(2)3/h4-10,12H,11H2,1-3H3. The van der Waals surface area contributed by atoms with Crippen LogP contribution in [0, 0.1) is 0 Å². The molecule has 0 amide bonds. The van der Waals surface area contributed by atoms with Gasteiger partial charge in [-0.3, -0.25) is 0 Å². The largest absolute Gasteiger partial charge is 0.342 e. The number of anilines is 1. The van der Waals surface area contributed by atoms with Gasteiger partial charge >= 0.3 is 0 Å². The molecule has 1 heterocycles. The van der Waals surface area contributed by atoms with Crippen LogP contribution in [0.4, 0.5) is 5.69 Å². The highest BCUT2D eigenvalue weighted by atomic mass is 28.2. The van der Waals surface area contributed by atoms with Crippen LogP contribution in [-0.2, 0) is 0 Å². The molecular formula is C17H19NSi. The Morgan fingerprint density at radius 1 is 1.16 bits per heavy atom. The molecule has 0 aromatic heterocycles. The second kappa shape index (κ2) is 4.78. The maximum absolute atomic E-state index is 2.43. The van der Waals surface area contributed by atoms with Crippen molar-refractivity contribution in [1.82, 2.24) is 0 Å². The summed E-state index contributed by atoms with van der Waals surface area (Å²) in [4.78, 5) is 2.38. The molecule has 1 aromatic carbocycles. The second-order valence-electron chi connectivity index (χ2n) is 5.55. The van der Waals surface area contributed by atoms with E-state index in [1.165, 1.54) is 28.0 Å². The summed E-state index contributed by atoms with van der Waals surface area (Å²) in [5, 5.41) is 0. The Morgan fingerprint density at radius 3 is 2.68 bits per heavy atom. The zero-order chi connectivity index (χ0) is 13.4. The van der Waals surface area contributed by atoms with Crippen LogP contribution >= 0.6 is 0 Å². The molecule has 0 N–H and O–H groups in total. The lowest BCUT2D eigenvalue weighted by Crippen LogP contribution is -2.15. The van der Waals surface area contributed by atoms with Gasteiger partial charge in [-0.15, -0.1) is 0 Å². The molecule has 3 rings (SSSR count). The number of hydrogen-bond donors (Lipinski definition) is 0. The molecule has 0 saturated carbocycles. The highest BCUT2D eigenvalue weighted by Gasteiger charge is 2.21. The summed E-state index contributed by atoms with van der Waals surface area (Å²) in [6.07, 6.45) is 6.86. The van der Waals surface area contributed by atoms with Gasteiger partial charge in [-0.25, -0.2) is 0 Å². The van der Waals surface area contributed by atoms with E-state index in [1.54, 1.807) is 0 Å². The fourth-order valence-electron chi connectivity index (χ4n) is 2.73. The Kier molecular flexibility index (Phi) is 3.11. The van der Waals surface area contributed by atoms with Gasteiger partial charge in [0.15, 0.2) is 0 Å². The first-order valence-electron chi connectivity index (χ1n) is 6.75. The third-order valence-corrected chi connectivity index (χ3v) is 4.37. The first-order valence-corrected chi connectivity index (χ1v) is 9.33. The third kappa shape index (κ3) is 2.41. The second-order valence-corrected chi connectivity index (χ2v) is 7.99. The molecule has 0 saturated heterocycles. The Bertz CT molecular complexity index is 643. The Labute approximate surface area is 116 Å². The van der Waals surface area contributed by atoms with Crippen LogP contribution in [0.5, 0.6) is 0 Å². The van der Waals surface area contributed by atoms with Gasteiger partial charge in [0.2, 0.25) is 0 Å². The summed E-state index contributed by atoms with van der Waals surface area (Å²) in [5.41, 5.74) is 9.34. The number of nitrogens with zero attached hydrogens (tertiary/aromatic N) is 1. The molecule has 1 aromatic rings. The molecule has 0 spiro atoms. The van der Waals surface area contributed by atoms with Gasteiger partial charge < -0.3 is 4.90 Å². The van der Waals surface area contributed by atoms with E-state index in [4.69, 9.17) is 0 Å². The quantitative estimate of drug-likeness (QED) is 0.736. The van der Waals surface area contributed by atoms with Crippen molar-refractivity contribution in [3.05, 3.63) is 64.9 Å². The normalized spacial score (nSPS) is 16.8. The summed E-state index contributed by atoms with van der Waals surface area (Å²) in [7, 11) is -0.364. The SMILES string of the molecule is CC1=CC2=CN(c3ccccc3C=[Si](C)C)CC2=C1. The average molecular weight is 265 g/mol. The number of rotatable bonds is 2. The van der Waals surface area contributed by atoms with Crippen LogP contribution in [0.3, 0.4) is 0 Å². The van der Waals surface area contributed by atoms with Crippen LogP contribution in [0.25, 0.3) is 0 Å². The molecule has 1 aliphatic heterocycles. The summed E-state index contributed by atoms with van der Waals surface area (Å²) < 4.78 is 0. The molecule has 0 radical (unpaired) electrons. The molecule has 0 unspecified atom stereocenters. The van der Waals surface area contributed by atoms with E-state index in [0.717, 1.165) is 6.54 Å². The van der Waals surface area contributed by atoms with Crippen molar-refractivity contribution < 1.29 is 0 Å². The molecular weight excluding hydrogens is 246 g/mol. The number of hydrogen-bond acceptors (Lipinski definition) is 1. The maximum Gasteiger partial charge on any atom is 0.0482 e. The van der Waals surface area contributed by atoms with Gasteiger partial charge in [0.25, 0.3) is 0 Å². The number of para-hydroxylation sites is 1. The zero-order valence-corrected chi connectivity index (χ0v) is 12.8. The smallest absolute Gasteiger partial charge is 0.0482 e.